The van der Waals surface area contributed by atoms with E-state index in [4.69, 9.17) is 10.5 Å². The van der Waals surface area contributed by atoms with E-state index < -0.39 is 21.9 Å². The summed E-state index contributed by atoms with van der Waals surface area (Å²) < 4.78 is 42.1. The number of anilines is 2. The minimum Gasteiger partial charge on any atom is -0.485 e. The number of hydrogen-bond donors (Lipinski definition) is 2. The first-order valence-corrected chi connectivity index (χ1v) is 10.2. The van der Waals surface area contributed by atoms with Crippen LogP contribution in [0.15, 0.2) is 30.3 Å². The number of ether oxygens (including phenoxy) is 1. The first-order chi connectivity index (χ1) is 12.4. The molecule has 1 aliphatic heterocycles. The summed E-state index contributed by atoms with van der Waals surface area (Å²) in [6.45, 7) is 9.67. The second-order valence-corrected chi connectivity index (χ2v) is 8.99. The van der Waals surface area contributed by atoms with Gasteiger partial charge in [-0.05, 0) is 69.0 Å². The van der Waals surface area contributed by atoms with Gasteiger partial charge in [0.05, 0.1) is 17.4 Å². The van der Waals surface area contributed by atoms with E-state index in [0.29, 0.717) is 6.42 Å². The van der Waals surface area contributed by atoms with Gasteiger partial charge >= 0.3 is 10.3 Å². The van der Waals surface area contributed by atoms with E-state index in [1.807, 2.05) is 34.6 Å². The first-order valence-electron chi connectivity index (χ1n) is 8.83. The molecular formula is C20H26N2O4S. The van der Waals surface area contributed by atoms with Gasteiger partial charge in [-0.3, -0.25) is 4.55 Å². The number of aryl methyl sites for hydroxylation is 2. The number of fused-ring (bicyclic) bond motifs is 1. The summed E-state index contributed by atoms with van der Waals surface area (Å²) in [5.41, 5.74) is 9.81. The fraction of sp³-hybridized carbons (Fsp3) is 0.400. The van der Waals surface area contributed by atoms with Crippen LogP contribution < -0.4 is 14.8 Å². The van der Waals surface area contributed by atoms with Crippen LogP contribution in [0, 0.1) is 20.8 Å². The summed E-state index contributed by atoms with van der Waals surface area (Å²) in [4.78, 5) is 0. The SMILES string of the molecule is Cc1cc(C)c2c(c1C)OC(C)(C)C(N(c1ccccc1N)S(=O)(=O)O)C2. The second kappa shape index (κ2) is 6.42. The van der Waals surface area contributed by atoms with Crippen molar-refractivity contribution in [3.63, 3.8) is 0 Å². The standard InChI is InChI=1S/C20H26N2O4S/c1-12-10-13(2)15-11-18(20(4,5)26-19(15)14(12)3)22(27(23,24)25)17-9-7-6-8-16(17)21/h6-10,18H,11,21H2,1-5H3,(H,23,24,25). The van der Waals surface area contributed by atoms with Gasteiger partial charge in [0.25, 0.3) is 0 Å². The zero-order chi connectivity index (χ0) is 20.1. The van der Waals surface area contributed by atoms with Crippen LogP contribution in [0.4, 0.5) is 11.4 Å². The largest absolute Gasteiger partial charge is 0.485 e. The van der Waals surface area contributed by atoms with Crippen molar-refractivity contribution in [1.82, 2.24) is 0 Å². The third kappa shape index (κ3) is 3.37. The Labute approximate surface area is 160 Å². The Morgan fingerprint density at radius 2 is 1.81 bits per heavy atom. The molecule has 27 heavy (non-hydrogen) atoms. The van der Waals surface area contributed by atoms with Crippen molar-refractivity contribution in [2.24, 2.45) is 0 Å². The molecule has 1 aliphatic rings. The number of benzene rings is 2. The van der Waals surface area contributed by atoms with Gasteiger partial charge in [0.15, 0.2) is 0 Å². The van der Waals surface area contributed by atoms with Crippen molar-refractivity contribution in [3.05, 3.63) is 52.6 Å². The van der Waals surface area contributed by atoms with Crippen LogP contribution >= 0.6 is 0 Å². The maximum Gasteiger partial charge on any atom is 0.360 e. The third-order valence-electron chi connectivity index (χ3n) is 5.39. The highest BCUT2D eigenvalue weighted by Crippen LogP contribution is 2.43. The summed E-state index contributed by atoms with van der Waals surface area (Å²) in [5, 5.41) is 0. The lowest BCUT2D eigenvalue weighted by atomic mass is 9.84. The number of hydrogen-bond acceptors (Lipinski definition) is 4. The fourth-order valence-electron chi connectivity index (χ4n) is 3.77. The van der Waals surface area contributed by atoms with Gasteiger partial charge in [0.2, 0.25) is 0 Å². The van der Waals surface area contributed by atoms with Crippen LogP contribution in [0.1, 0.15) is 36.1 Å². The van der Waals surface area contributed by atoms with E-state index in [1.165, 1.54) is 0 Å². The molecule has 3 N–H and O–H groups in total. The van der Waals surface area contributed by atoms with Crippen LogP contribution in [0.5, 0.6) is 5.75 Å². The van der Waals surface area contributed by atoms with Crippen LogP contribution in [-0.2, 0) is 16.7 Å². The van der Waals surface area contributed by atoms with Gasteiger partial charge in [-0.25, -0.2) is 4.31 Å². The highest BCUT2D eigenvalue weighted by Gasteiger charge is 2.46. The molecule has 2 aromatic rings. The Kier molecular flexibility index (Phi) is 4.64. The Balaban J connectivity index is 2.20. The molecule has 0 aromatic heterocycles. The van der Waals surface area contributed by atoms with Gasteiger partial charge in [-0.2, -0.15) is 8.42 Å². The monoisotopic (exact) mass is 390 g/mol. The van der Waals surface area contributed by atoms with Crippen LogP contribution in [0.25, 0.3) is 0 Å². The van der Waals surface area contributed by atoms with Crippen molar-refractivity contribution in [3.8, 4) is 5.75 Å². The average Bonchev–Trinajstić information content (AvgIpc) is 2.54. The van der Waals surface area contributed by atoms with Gasteiger partial charge in [0, 0.05) is 6.42 Å². The summed E-state index contributed by atoms with van der Waals surface area (Å²) >= 11 is 0. The molecule has 1 heterocycles. The normalized spacial score (nSPS) is 18.5. The molecule has 6 nitrogen and oxygen atoms in total. The van der Waals surface area contributed by atoms with E-state index in [-0.39, 0.29) is 11.4 Å². The van der Waals surface area contributed by atoms with Gasteiger partial charge in [-0.15, -0.1) is 0 Å². The van der Waals surface area contributed by atoms with Crippen LogP contribution in [-0.4, -0.2) is 24.6 Å². The van der Waals surface area contributed by atoms with Crippen molar-refractivity contribution in [2.75, 3.05) is 10.0 Å². The molecule has 0 saturated carbocycles. The fourth-order valence-corrected chi connectivity index (χ4v) is 4.84. The molecule has 0 saturated heterocycles. The molecule has 3 rings (SSSR count). The van der Waals surface area contributed by atoms with E-state index >= 15 is 0 Å². The second-order valence-electron chi connectivity index (χ2n) is 7.70. The molecule has 146 valence electrons. The number of nitrogen functional groups attached to an aromatic ring is 1. The lowest BCUT2D eigenvalue weighted by Crippen LogP contribution is -2.58. The lowest BCUT2D eigenvalue weighted by molar-refractivity contribution is 0.0640. The molecule has 0 radical (unpaired) electrons. The van der Waals surface area contributed by atoms with Crippen LogP contribution in [0.3, 0.4) is 0 Å². The molecule has 1 atom stereocenters. The van der Waals surface area contributed by atoms with Gasteiger partial charge < -0.3 is 10.5 Å². The maximum absolute atomic E-state index is 12.4. The smallest absolute Gasteiger partial charge is 0.360 e. The predicted molar refractivity (Wildman–Crippen MR) is 108 cm³/mol. The van der Waals surface area contributed by atoms with Crippen molar-refractivity contribution in [1.29, 1.82) is 0 Å². The summed E-state index contributed by atoms with van der Waals surface area (Å²) in [6, 6.07) is 8.01. The summed E-state index contributed by atoms with van der Waals surface area (Å²) in [7, 11) is -4.57. The Hall–Kier alpha value is -2.25. The lowest BCUT2D eigenvalue weighted by Gasteiger charge is -2.45. The molecule has 2 aromatic carbocycles. The van der Waals surface area contributed by atoms with E-state index in [2.05, 4.69) is 6.07 Å². The first kappa shape index (κ1) is 19.5. The zero-order valence-electron chi connectivity index (χ0n) is 16.3. The van der Waals surface area contributed by atoms with Crippen LogP contribution in [0.2, 0.25) is 0 Å². The van der Waals surface area contributed by atoms with E-state index in [1.54, 1.807) is 24.3 Å². The van der Waals surface area contributed by atoms with E-state index in [9.17, 15) is 13.0 Å². The molecule has 7 heteroatoms. The molecule has 0 amide bonds. The molecular weight excluding hydrogens is 364 g/mol. The van der Waals surface area contributed by atoms with Gasteiger partial charge in [-0.1, -0.05) is 18.2 Å². The molecule has 0 fully saturated rings. The average molecular weight is 391 g/mol. The summed E-state index contributed by atoms with van der Waals surface area (Å²) in [6.07, 6.45) is 0.406. The minimum absolute atomic E-state index is 0.242. The molecule has 1 unspecified atom stereocenters. The number of nitrogens with zero attached hydrogens (tertiary/aromatic N) is 1. The molecule has 0 spiro atoms. The zero-order valence-corrected chi connectivity index (χ0v) is 17.1. The maximum atomic E-state index is 12.4. The topological polar surface area (TPSA) is 92.9 Å². The number of rotatable bonds is 3. The summed E-state index contributed by atoms with van der Waals surface area (Å²) in [5.74, 6) is 0.796. The quantitative estimate of drug-likeness (QED) is 0.617. The number of nitrogens with two attached hydrogens (primary N) is 1. The predicted octanol–water partition coefficient (Wildman–Crippen LogP) is 3.59. The number of para-hydroxylation sites is 2. The highest BCUT2D eigenvalue weighted by molar-refractivity contribution is 7.87. The van der Waals surface area contributed by atoms with Crippen molar-refractivity contribution >= 4 is 21.7 Å². The van der Waals surface area contributed by atoms with Crippen molar-refractivity contribution < 1.29 is 17.7 Å². The Morgan fingerprint density at radius 1 is 1.19 bits per heavy atom. The Bertz CT molecular complexity index is 999. The Morgan fingerprint density at radius 3 is 2.41 bits per heavy atom. The molecule has 0 aliphatic carbocycles. The highest BCUT2D eigenvalue weighted by atomic mass is 32.2. The minimum atomic E-state index is -4.57. The van der Waals surface area contributed by atoms with Gasteiger partial charge in [0.1, 0.15) is 11.4 Å². The van der Waals surface area contributed by atoms with E-state index in [0.717, 1.165) is 32.3 Å². The van der Waals surface area contributed by atoms with Crippen molar-refractivity contribution in [2.45, 2.75) is 52.7 Å². The molecule has 0 bridgehead atoms. The third-order valence-corrected chi connectivity index (χ3v) is 6.33.